The summed E-state index contributed by atoms with van der Waals surface area (Å²) in [6.45, 7) is 8.88. The minimum Gasteiger partial charge on any atom is -0.493 e. The number of allylic oxidation sites excluding steroid dienone is 1. The molecule has 0 saturated heterocycles. The number of ether oxygens (including phenoxy) is 5. The van der Waals surface area contributed by atoms with Crippen molar-refractivity contribution in [2.75, 3.05) is 34.0 Å². The standard InChI is InChI=1S/C32H38N2O7S/c1-7-10-17-40-23-15-14-21(18-25(23)38-6)28-27(31(36)39-9-3)20(4)33-32-34(28)30(35)26(42-32)19-22-12-11-13-24(37-5)29(22)41-16-8-2/h11-15,18-19,28H,7-10,16-17H2,1-6H3/t28-/m1/s1. The van der Waals surface area contributed by atoms with Crippen LogP contribution < -0.4 is 33.8 Å². The van der Waals surface area contributed by atoms with E-state index in [2.05, 4.69) is 11.9 Å². The van der Waals surface area contributed by atoms with Gasteiger partial charge in [0.2, 0.25) is 0 Å². The Bertz CT molecular complexity index is 1640. The third-order valence-corrected chi connectivity index (χ3v) is 7.73. The van der Waals surface area contributed by atoms with Gasteiger partial charge in [0.05, 0.1) is 55.9 Å². The number of fused-ring (bicyclic) bond motifs is 1. The Balaban J connectivity index is 1.91. The number of methoxy groups -OCH3 is 2. The van der Waals surface area contributed by atoms with E-state index in [1.54, 1.807) is 44.8 Å². The molecule has 4 rings (SSSR count). The Labute approximate surface area is 249 Å². The minimum absolute atomic E-state index is 0.191. The van der Waals surface area contributed by atoms with Crippen LogP contribution in [0.2, 0.25) is 0 Å². The number of carbonyl (C=O) groups excluding carboxylic acids is 1. The molecule has 0 unspecified atom stereocenters. The number of benzene rings is 2. The van der Waals surface area contributed by atoms with Gasteiger partial charge in [-0.15, -0.1) is 0 Å². The van der Waals surface area contributed by atoms with Gasteiger partial charge in [0.15, 0.2) is 27.8 Å². The average Bonchev–Trinajstić information content (AvgIpc) is 3.29. The summed E-state index contributed by atoms with van der Waals surface area (Å²) < 4.78 is 30.5. The van der Waals surface area contributed by atoms with Gasteiger partial charge in [-0.3, -0.25) is 9.36 Å². The number of unbranched alkanes of at least 4 members (excludes halogenated alkanes) is 1. The van der Waals surface area contributed by atoms with Gasteiger partial charge in [-0.1, -0.05) is 49.8 Å². The molecular formula is C32H38N2O7S. The van der Waals surface area contributed by atoms with Crippen LogP contribution in [0.3, 0.4) is 0 Å². The second-order valence-corrected chi connectivity index (χ2v) is 10.7. The Kier molecular flexibility index (Phi) is 10.5. The highest BCUT2D eigenvalue weighted by Crippen LogP contribution is 2.36. The van der Waals surface area contributed by atoms with E-state index in [-0.39, 0.29) is 12.2 Å². The second-order valence-electron chi connectivity index (χ2n) is 9.64. The summed E-state index contributed by atoms with van der Waals surface area (Å²) in [5.41, 5.74) is 1.88. The topological polar surface area (TPSA) is 97.6 Å². The maximum atomic E-state index is 14.1. The maximum absolute atomic E-state index is 14.1. The first kappa shape index (κ1) is 30.9. The molecule has 0 bridgehead atoms. The molecule has 0 aliphatic carbocycles. The van der Waals surface area contributed by atoms with E-state index in [0.29, 0.717) is 67.9 Å². The van der Waals surface area contributed by atoms with Crippen molar-refractivity contribution in [3.63, 3.8) is 0 Å². The maximum Gasteiger partial charge on any atom is 0.338 e. The van der Waals surface area contributed by atoms with E-state index < -0.39 is 12.0 Å². The lowest BCUT2D eigenvalue weighted by Gasteiger charge is -2.25. The van der Waals surface area contributed by atoms with Gasteiger partial charge in [0.1, 0.15) is 0 Å². The van der Waals surface area contributed by atoms with Gasteiger partial charge in [-0.25, -0.2) is 9.79 Å². The normalized spacial score (nSPS) is 14.7. The molecule has 0 radical (unpaired) electrons. The van der Waals surface area contributed by atoms with Gasteiger partial charge in [0.25, 0.3) is 5.56 Å². The number of rotatable bonds is 13. The summed E-state index contributed by atoms with van der Waals surface area (Å²) in [4.78, 5) is 32.5. The van der Waals surface area contributed by atoms with Gasteiger partial charge >= 0.3 is 5.97 Å². The fourth-order valence-corrected chi connectivity index (χ4v) is 5.75. The Morgan fingerprint density at radius 2 is 1.79 bits per heavy atom. The van der Waals surface area contributed by atoms with E-state index in [1.807, 2.05) is 37.3 Å². The van der Waals surface area contributed by atoms with E-state index in [4.69, 9.17) is 23.7 Å². The SMILES string of the molecule is CCCCOc1ccc([C@@H]2C(C(=O)OCC)=C(C)N=c3sc(=Cc4cccc(OC)c4OCCC)c(=O)n32)cc1OC. The van der Waals surface area contributed by atoms with Gasteiger partial charge in [0, 0.05) is 5.56 Å². The van der Waals surface area contributed by atoms with Crippen molar-refractivity contribution >= 4 is 23.4 Å². The quantitative estimate of drug-likeness (QED) is 0.208. The molecule has 1 atom stereocenters. The molecule has 0 N–H and O–H groups in total. The minimum atomic E-state index is -0.776. The Morgan fingerprint density at radius 1 is 1.00 bits per heavy atom. The van der Waals surface area contributed by atoms with Crippen LogP contribution >= 0.6 is 11.3 Å². The average molecular weight is 595 g/mol. The molecule has 42 heavy (non-hydrogen) atoms. The molecule has 0 fully saturated rings. The van der Waals surface area contributed by atoms with Crippen molar-refractivity contribution in [3.8, 4) is 23.0 Å². The van der Waals surface area contributed by atoms with Crippen molar-refractivity contribution in [2.24, 2.45) is 4.99 Å². The lowest BCUT2D eigenvalue weighted by Crippen LogP contribution is -2.40. The van der Waals surface area contributed by atoms with E-state index in [0.717, 1.165) is 19.3 Å². The highest BCUT2D eigenvalue weighted by molar-refractivity contribution is 7.07. The predicted octanol–water partition coefficient (Wildman–Crippen LogP) is 4.78. The summed E-state index contributed by atoms with van der Waals surface area (Å²) in [6.07, 6.45) is 4.52. The first-order valence-electron chi connectivity index (χ1n) is 14.2. The van der Waals surface area contributed by atoms with Crippen molar-refractivity contribution in [2.45, 2.75) is 53.0 Å². The summed E-state index contributed by atoms with van der Waals surface area (Å²) in [7, 11) is 3.15. The number of esters is 1. The largest absolute Gasteiger partial charge is 0.493 e. The molecule has 3 aromatic rings. The zero-order valence-corrected chi connectivity index (χ0v) is 25.8. The van der Waals surface area contributed by atoms with Crippen LogP contribution in [0.4, 0.5) is 0 Å². The summed E-state index contributed by atoms with van der Waals surface area (Å²) in [6, 6.07) is 10.2. The van der Waals surface area contributed by atoms with Crippen LogP contribution in [0, 0.1) is 0 Å². The van der Waals surface area contributed by atoms with Crippen molar-refractivity contribution in [1.29, 1.82) is 0 Å². The molecule has 2 aromatic carbocycles. The van der Waals surface area contributed by atoms with Crippen LogP contribution in [0.5, 0.6) is 23.0 Å². The summed E-state index contributed by atoms with van der Waals surface area (Å²) in [5.74, 6) is 1.73. The third-order valence-electron chi connectivity index (χ3n) is 6.74. The molecule has 1 aliphatic rings. The number of hydrogen-bond donors (Lipinski definition) is 0. The highest BCUT2D eigenvalue weighted by Gasteiger charge is 2.34. The van der Waals surface area contributed by atoms with Gasteiger partial charge in [-0.2, -0.15) is 0 Å². The van der Waals surface area contributed by atoms with Crippen LogP contribution in [0.1, 0.15) is 64.1 Å². The molecule has 224 valence electrons. The van der Waals surface area contributed by atoms with E-state index in [9.17, 15) is 9.59 Å². The molecule has 0 saturated carbocycles. The number of nitrogens with zero attached hydrogens (tertiary/aromatic N) is 2. The second kappa shape index (κ2) is 14.2. The van der Waals surface area contributed by atoms with Crippen LogP contribution in [0.15, 0.2) is 57.5 Å². The highest BCUT2D eigenvalue weighted by atomic mass is 32.1. The van der Waals surface area contributed by atoms with Crippen molar-refractivity contribution in [1.82, 2.24) is 4.57 Å². The zero-order valence-electron chi connectivity index (χ0n) is 25.0. The first-order chi connectivity index (χ1) is 20.4. The lowest BCUT2D eigenvalue weighted by molar-refractivity contribution is -0.139. The lowest BCUT2D eigenvalue weighted by atomic mass is 9.95. The van der Waals surface area contributed by atoms with Gasteiger partial charge < -0.3 is 23.7 Å². The third kappa shape index (κ3) is 6.38. The van der Waals surface area contributed by atoms with E-state index in [1.165, 1.54) is 11.3 Å². The first-order valence-corrected chi connectivity index (χ1v) is 15.0. The number of para-hydroxylation sites is 1. The number of hydrogen-bond acceptors (Lipinski definition) is 9. The Hall–Kier alpha value is -4.05. The summed E-state index contributed by atoms with van der Waals surface area (Å²) in [5, 5.41) is 0. The Morgan fingerprint density at radius 3 is 2.48 bits per heavy atom. The van der Waals surface area contributed by atoms with Gasteiger partial charge in [-0.05, 0) is 56.5 Å². The summed E-state index contributed by atoms with van der Waals surface area (Å²) >= 11 is 1.25. The molecule has 1 aromatic heterocycles. The van der Waals surface area contributed by atoms with Crippen LogP contribution in [-0.4, -0.2) is 44.6 Å². The van der Waals surface area contributed by atoms with E-state index >= 15 is 0 Å². The number of aromatic nitrogens is 1. The van der Waals surface area contributed by atoms with Crippen molar-refractivity contribution in [3.05, 3.63) is 78.5 Å². The fraction of sp³-hybridized carbons (Fsp3) is 0.406. The predicted molar refractivity (Wildman–Crippen MR) is 163 cm³/mol. The molecule has 2 heterocycles. The molecular weight excluding hydrogens is 556 g/mol. The monoisotopic (exact) mass is 594 g/mol. The molecule has 0 amide bonds. The molecule has 0 spiro atoms. The number of thiazole rings is 1. The van der Waals surface area contributed by atoms with Crippen molar-refractivity contribution < 1.29 is 28.5 Å². The molecule has 9 nitrogen and oxygen atoms in total. The van der Waals surface area contributed by atoms with Crippen LogP contribution in [-0.2, 0) is 9.53 Å². The molecule has 10 heteroatoms. The fourth-order valence-electron chi connectivity index (χ4n) is 4.71. The van der Waals surface area contributed by atoms with Crippen LogP contribution in [0.25, 0.3) is 6.08 Å². The number of carbonyl (C=O) groups is 1. The smallest absolute Gasteiger partial charge is 0.338 e. The zero-order chi connectivity index (χ0) is 30.2. The molecule has 1 aliphatic heterocycles.